The summed E-state index contributed by atoms with van der Waals surface area (Å²) in [6, 6.07) is 14.2. The van der Waals surface area contributed by atoms with Crippen LogP contribution in [0.3, 0.4) is 0 Å². The van der Waals surface area contributed by atoms with Crippen LogP contribution in [0, 0.1) is 0 Å². The Bertz CT molecular complexity index is 1020. The number of anilines is 2. The maximum atomic E-state index is 12.6. The van der Waals surface area contributed by atoms with Crippen LogP contribution in [0.2, 0.25) is 5.02 Å². The lowest BCUT2D eigenvalue weighted by molar-refractivity contribution is -0.117. The molecule has 7 nitrogen and oxygen atoms in total. The highest BCUT2D eigenvalue weighted by Gasteiger charge is 2.27. The lowest BCUT2D eigenvalue weighted by Crippen LogP contribution is -2.48. The van der Waals surface area contributed by atoms with Gasteiger partial charge >= 0.3 is 0 Å². The Morgan fingerprint density at radius 1 is 0.903 bits per heavy atom. The molecule has 0 aromatic heterocycles. The minimum atomic E-state index is -3.44. The molecule has 4 rings (SSSR count). The minimum Gasteiger partial charge on any atom is -0.368 e. The van der Waals surface area contributed by atoms with E-state index < -0.39 is 10.0 Å². The van der Waals surface area contributed by atoms with Crippen LogP contribution in [-0.2, 0) is 14.8 Å². The third-order valence-electron chi connectivity index (χ3n) is 5.77. The molecule has 2 aliphatic heterocycles. The van der Waals surface area contributed by atoms with Crippen LogP contribution < -0.4 is 10.2 Å². The summed E-state index contributed by atoms with van der Waals surface area (Å²) in [5.74, 6) is -0.110. The van der Waals surface area contributed by atoms with Gasteiger partial charge in [0.2, 0.25) is 15.9 Å². The zero-order valence-electron chi connectivity index (χ0n) is 17.3. The fourth-order valence-electron chi connectivity index (χ4n) is 4.05. The van der Waals surface area contributed by atoms with Gasteiger partial charge in [-0.2, -0.15) is 4.31 Å². The number of hydrogen-bond donors (Lipinski definition) is 1. The molecule has 0 aliphatic carbocycles. The van der Waals surface area contributed by atoms with Crippen LogP contribution in [-0.4, -0.2) is 69.3 Å². The SMILES string of the molecule is O=C(CN1CCN(c2ccccc2Cl)CC1)Nc1ccc(S(=O)(=O)N2CCCC2)cc1. The number of nitrogens with one attached hydrogen (secondary N) is 1. The van der Waals surface area contributed by atoms with Gasteiger partial charge in [-0.25, -0.2) is 8.42 Å². The molecule has 1 N–H and O–H groups in total. The number of para-hydroxylation sites is 1. The number of carbonyl (C=O) groups is 1. The fraction of sp³-hybridized carbons (Fsp3) is 0.409. The number of nitrogens with zero attached hydrogens (tertiary/aromatic N) is 3. The average Bonchev–Trinajstić information content (AvgIpc) is 3.31. The molecule has 2 aromatic rings. The van der Waals surface area contributed by atoms with E-state index in [4.69, 9.17) is 11.6 Å². The Kier molecular flexibility index (Phi) is 6.81. The number of carbonyl (C=O) groups excluding carboxylic acids is 1. The molecule has 0 bridgehead atoms. The van der Waals surface area contributed by atoms with Gasteiger partial charge in [0.1, 0.15) is 0 Å². The molecule has 1 amide bonds. The molecule has 166 valence electrons. The first-order valence-electron chi connectivity index (χ1n) is 10.6. The summed E-state index contributed by atoms with van der Waals surface area (Å²) in [6.07, 6.45) is 1.81. The van der Waals surface area contributed by atoms with E-state index in [1.165, 1.54) is 4.31 Å². The van der Waals surface area contributed by atoms with E-state index in [1.54, 1.807) is 24.3 Å². The van der Waals surface area contributed by atoms with Crippen molar-refractivity contribution in [1.29, 1.82) is 0 Å². The molecule has 0 unspecified atom stereocenters. The number of rotatable bonds is 6. The summed E-state index contributed by atoms with van der Waals surface area (Å²) in [5, 5.41) is 3.61. The average molecular weight is 463 g/mol. The minimum absolute atomic E-state index is 0.110. The first-order valence-corrected chi connectivity index (χ1v) is 12.4. The summed E-state index contributed by atoms with van der Waals surface area (Å²) < 4.78 is 26.7. The third-order valence-corrected chi connectivity index (χ3v) is 8.01. The number of piperazine rings is 1. The van der Waals surface area contributed by atoms with E-state index in [1.807, 2.05) is 24.3 Å². The molecule has 0 atom stereocenters. The quantitative estimate of drug-likeness (QED) is 0.714. The van der Waals surface area contributed by atoms with E-state index in [-0.39, 0.29) is 10.8 Å². The van der Waals surface area contributed by atoms with E-state index in [9.17, 15) is 13.2 Å². The van der Waals surface area contributed by atoms with Crippen molar-refractivity contribution in [3.8, 4) is 0 Å². The normalized spacial score (nSPS) is 18.3. The summed E-state index contributed by atoms with van der Waals surface area (Å²) in [7, 11) is -3.44. The van der Waals surface area contributed by atoms with Crippen LogP contribution in [0.15, 0.2) is 53.4 Å². The van der Waals surface area contributed by atoms with Crippen LogP contribution in [0.5, 0.6) is 0 Å². The molecule has 31 heavy (non-hydrogen) atoms. The van der Waals surface area contributed by atoms with Crippen molar-refractivity contribution in [2.75, 3.05) is 56.0 Å². The Balaban J connectivity index is 1.28. The lowest BCUT2D eigenvalue weighted by atomic mass is 10.2. The van der Waals surface area contributed by atoms with Gasteiger partial charge in [0.15, 0.2) is 0 Å². The second kappa shape index (κ2) is 9.56. The summed E-state index contributed by atoms with van der Waals surface area (Å²) in [4.78, 5) is 17.1. The molecular formula is C22H27ClN4O3S. The van der Waals surface area contributed by atoms with Gasteiger partial charge in [-0.3, -0.25) is 9.69 Å². The maximum absolute atomic E-state index is 12.6. The zero-order valence-corrected chi connectivity index (χ0v) is 18.9. The standard InChI is InChI=1S/C22H27ClN4O3S/c23-20-5-1-2-6-21(20)26-15-13-25(14-16-26)17-22(28)24-18-7-9-19(10-8-18)31(29,30)27-11-3-4-12-27/h1-2,5-10H,3-4,11-17H2,(H,24,28). The van der Waals surface area contributed by atoms with Crippen molar-refractivity contribution in [3.63, 3.8) is 0 Å². The van der Waals surface area contributed by atoms with Crippen molar-refractivity contribution in [2.45, 2.75) is 17.7 Å². The molecule has 9 heteroatoms. The lowest BCUT2D eigenvalue weighted by Gasteiger charge is -2.36. The largest absolute Gasteiger partial charge is 0.368 e. The third kappa shape index (κ3) is 5.20. The van der Waals surface area contributed by atoms with Gasteiger partial charge in [0.05, 0.1) is 22.2 Å². The fourth-order valence-corrected chi connectivity index (χ4v) is 5.82. The second-order valence-electron chi connectivity index (χ2n) is 7.90. The van der Waals surface area contributed by atoms with Crippen molar-refractivity contribution >= 4 is 38.9 Å². The van der Waals surface area contributed by atoms with Crippen molar-refractivity contribution in [2.24, 2.45) is 0 Å². The first kappa shape index (κ1) is 22.1. The van der Waals surface area contributed by atoms with E-state index in [0.29, 0.717) is 25.3 Å². The number of sulfonamides is 1. The van der Waals surface area contributed by atoms with Crippen molar-refractivity contribution < 1.29 is 13.2 Å². The molecule has 2 aliphatic rings. The van der Waals surface area contributed by atoms with Gasteiger partial charge in [-0.05, 0) is 49.2 Å². The van der Waals surface area contributed by atoms with Gasteiger partial charge in [-0.15, -0.1) is 0 Å². The van der Waals surface area contributed by atoms with Crippen molar-refractivity contribution in [3.05, 3.63) is 53.6 Å². The van der Waals surface area contributed by atoms with Crippen LogP contribution in [0.1, 0.15) is 12.8 Å². The predicted molar refractivity (Wildman–Crippen MR) is 123 cm³/mol. The monoisotopic (exact) mass is 462 g/mol. The van der Waals surface area contributed by atoms with E-state index >= 15 is 0 Å². The maximum Gasteiger partial charge on any atom is 0.243 e. The Morgan fingerprint density at radius 2 is 1.55 bits per heavy atom. The smallest absolute Gasteiger partial charge is 0.243 e. The molecule has 2 saturated heterocycles. The van der Waals surface area contributed by atoms with Crippen LogP contribution in [0.4, 0.5) is 11.4 Å². The Morgan fingerprint density at radius 3 is 2.19 bits per heavy atom. The highest BCUT2D eigenvalue weighted by atomic mass is 35.5. The molecular weight excluding hydrogens is 436 g/mol. The molecule has 2 aromatic carbocycles. The van der Waals surface area contributed by atoms with Gasteiger partial charge in [-0.1, -0.05) is 23.7 Å². The summed E-state index contributed by atoms with van der Waals surface area (Å²) in [6.45, 7) is 4.59. The number of amides is 1. The van der Waals surface area contributed by atoms with Gasteiger partial charge in [0.25, 0.3) is 0 Å². The number of benzene rings is 2. The van der Waals surface area contributed by atoms with Crippen LogP contribution >= 0.6 is 11.6 Å². The first-order chi connectivity index (χ1) is 14.9. The highest BCUT2D eigenvalue weighted by Crippen LogP contribution is 2.26. The van der Waals surface area contributed by atoms with E-state index in [2.05, 4.69) is 15.1 Å². The topological polar surface area (TPSA) is 73.0 Å². The van der Waals surface area contributed by atoms with E-state index in [0.717, 1.165) is 49.7 Å². The summed E-state index contributed by atoms with van der Waals surface area (Å²) >= 11 is 6.28. The van der Waals surface area contributed by atoms with Crippen molar-refractivity contribution in [1.82, 2.24) is 9.21 Å². The number of halogens is 1. The molecule has 2 heterocycles. The van der Waals surface area contributed by atoms with Gasteiger partial charge < -0.3 is 10.2 Å². The Hall–Kier alpha value is -2.13. The second-order valence-corrected chi connectivity index (χ2v) is 10.2. The molecule has 0 spiro atoms. The Labute approximate surface area is 188 Å². The highest BCUT2D eigenvalue weighted by molar-refractivity contribution is 7.89. The molecule has 2 fully saturated rings. The zero-order chi connectivity index (χ0) is 21.8. The summed E-state index contributed by atoms with van der Waals surface area (Å²) in [5.41, 5.74) is 1.62. The molecule has 0 saturated carbocycles. The predicted octanol–water partition coefficient (Wildman–Crippen LogP) is 2.89. The number of hydrogen-bond acceptors (Lipinski definition) is 5. The van der Waals surface area contributed by atoms with Crippen LogP contribution in [0.25, 0.3) is 0 Å². The van der Waals surface area contributed by atoms with Gasteiger partial charge in [0, 0.05) is 45.0 Å². The molecule has 0 radical (unpaired) electrons.